The third kappa shape index (κ3) is 5.81. The topological polar surface area (TPSA) is 54.2 Å². The van der Waals surface area contributed by atoms with Crippen molar-refractivity contribution in [3.8, 4) is 0 Å². The average Bonchev–Trinajstić information content (AvgIpc) is 3.02. The molecule has 9 heteroatoms. The molecule has 0 atom stereocenters. The van der Waals surface area contributed by atoms with E-state index in [1.165, 1.54) is 4.88 Å². The van der Waals surface area contributed by atoms with Crippen molar-refractivity contribution in [1.82, 2.24) is 20.2 Å². The molecular formula is C14H20Cl2IN5S. The Labute approximate surface area is 167 Å². The fourth-order valence-corrected chi connectivity index (χ4v) is 3.16. The summed E-state index contributed by atoms with van der Waals surface area (Å²) in [4.78, 5) is 9.77. The molecule has 23 heavy (non-hydrogen) atoms. The number of aliphatic imine (C=N–C) groups is 1. The number of halogens is 3. The van der Waals surface area contributed by atoms with E-state index in [9.17, 15) is 0 Å². The van der Waals surface area contributed by atoms with E-state index in [2.05, 4.69) is 27.5 Å². The highest BCUT2D eigenvalue weighted by Crippen LogP contribution is 2.24. The van der Waals surface area contributed by atoms with Gasteiger partial charge in [-0.3, -0.25) is 4.99 Å². The maximum Gasteiger partial charge on any atom is 0.191 e. The molecule has 0 amide bonds. The van der Waals surface area contributed by atoms with Gasteiger partial charge in [0.05, 0.1) is 16.6 Å². The summed E-state index contributed by atoms with van der Waals surface area (Å²) in [5.41, 5.74) is 0.994. The summed E-state index contributed by atoms with van der Waals surface area (Å²) in [7, 11) is 3.63. The zero-order valence-electron chi connectivity index (χ0n) is 13.2. The number of rotatable bonds is 5. The summed E-state index contributed by atoms with van der Waals surface area (Å²) < 4.78 is 1.85. The van der Waals surface area contributed by atoms with Crippen LogP contribution in [-0.2, 0) is 20.0 Å². The summed E-state index contributed by atoms with van der Waals surface area (Å²) in [5, 5.41) is 8.74. The van der Waals surface area contributed by atoms with E-state index < -0.39 is 0 Å². The van der Waals surface area contributed by atoms with Gasteiger partial charge in [-0.1, -0.05) is 23.2 Å². The fraction of sp³-hybridized carbons (Fsp3) is 0.429. The van der Waals surface area contributed by atoms with Gasteiger partial charge in [0.2, 0.25) is 0 Å². The van der Waals surface area contributed by atoms with Crippen LogP contribution >= 0.6 is 58.5 Å². The number of nitrogens with zero attached hydrogens (tertiary/aromatic N) is 3. The Bertz CT molecular complexity index is 668. The van der Waals surface area contributed by atoms with Crippen molar-refractivity contribution >= 4 is 64.5 Å². The number of hydrogen-bond acceptors (Lipinski definition) is 3. The molecule has 0 spiro atoms. The quantitative estimate of drug-likeness (QED) is 0.384. The van der Waals surface area contributed by atoms with Crippen LogP contribution in [0.2, 0.25) is 10.2 Å². The van der Waals surface area contributed by atoms with Crippen molar-refractivity contribution in [2.24, 2.45) is 12.0 Å². The normalized spacial score (nSPS) is 11.3. The standard InChI is InChI=1S/C14H19Cl2N5S.HI/c1-9-7-19-12(22-9)4-5-18-14(17-2)20-8-10-6-11(15)13(16)21(10)3;/h6-7H,4-5,8H2,1-3H3,(H2,17,18,20);1H. The highest BCUT2D eigenvalue weighted by molar-refractivity contribution is 14.0. The van der Waals surface area contributed by atoms with Gasteiger partial charge < -0.3 is 15.2 Å². The minimum atomic E-state index is 0. The lowest BCUT2D eigenvalue weighted by Gasteiger charge is -2.12. The van der Waals surface area contributed by atoms with E-state index >= 15 is 0 Å². The Morgan fingerprint density at radius 3 is 2.65 bits per heavy atom. The van der Waals surface area contributed by atoms with E-state index in [1.807, 2.05) is 23.9 Å². The number of hydrogen-bond donors (Lipinski definition) is 2. The monoisotopic (exact) mass is 487 g/mol. The Kier molecular flexibility index (Phi) is 8.66. The fourth-order valence-electron chi connectivity index (χ4n) is 1.96. The molecule has 2 heterocycles. The van der Waals surface area contributed by atoms with Crippen LogP contribution in [0.25, 0.3) is 0 Å². The van der Waals surface area contributed by atoms with Gasteiger partial charge in [0.25, 0.3) is 0 Å². The molecule has 0 aliphatic carbocycles. The SMILES string of the molecule is CN=C(NCCc1ncc(C)s1)NCc1cc(Cl)c(Cl)n1C.I. The van der Waals surface area contributed by atoms with E-state index in [1.54, 1.807) is 18.4 Å². The third-order valence-corrected chi connectivity index (χ3v) is 4.99. The molecule has 2 rings (SSSR count). The van der Waals surface area contributed by atoms with Gasteiger partial charge in [-0.05, 0) is 13.0 Å². The Hall–Kier alpha value is -0.510. The first kappa shape index (κ1) is 20.5. The highest BCUT2D eigenvalue weighted by Gasteiger charge is 2.09. The first-order valence-corrected chi connectivity index (χ1v) is 8.44. The van der Waals surface area contributed by atoms with Crippen molar-refractivity contribution in [3.63, 3.8) is 0 Å². The van der Waals surface area contributed by atoms with Crippen LogP contribution in [0.4, 0.5) is 0 Å². The number of guanidine groups is 1. The molecule has 0 fully saturated rings. The predicted octanol–water partition coefficient (Wildman–Crippen LogP) is 3.62. The smallest absolute Gasteiger partial charge is 0.191 e. The van der Waals surface area contributed by atoms with Crippen LogP contribution < -0.4 is 10.6 Å². The number of aryl methyl sites for hydroxylation is 1. The molecule has 0 radical (unpaired) electrons. The van der Waals surface area contributed by atoms with Crippen molar-refractivity contribution in [1.29, 1.82) is 0 Å². The number of thiazole rings is 1. The molecule has 5 nitrogen and oxygen atoms in total. The summed E-state index contributed by atoms with van der Waals surface area (Å²) >= 11 is 13.8. The van der Waals surface area contributed by atoms with Crippen LogP contribution in [0.15, 0.2) is 17.3 Å². The predicted molar refractivity (Wildman–Crippen MR) is 110 cm³/mol. The molecule has 2 aromatic rings. The van der Waals surface area contributed by atoms with Crippen molar-refractivity contribution < 1.29 is 0 Å². The van der Waals surface area contributed by atoms with E-state index in [0.29, 0.717) is 16.7 Å². The van der Waals surface area contributed by atoms with Gasteiger partial charge in [0.15, 0.2) is 5.96 Å². The largest absolute Gasteiger partial charge is 0.356 e. The van der Waals surface area contributed by atoms with Gasteiger partial charge in [-0.2, -0.15) is 0 Å². The van der Waals surface area contributed by atoms with Gasteiger partial charge in [-0.15, -0.1) is 35.3 Å². The molecule has 2 aromatic heterocycles. The molecule has 0 saturated heterocycles. The summed E-state index contributed by atoms with van der Waals surface area (Å²) in [6, 6.07) is 1.85. The van der Waals surface area contributed by atoms with Gasteiger partial charge in [0.1, 0.15) is 5.15 Å². The Morgan fingerprint density at radius 1 is 1.39 bits per heavy atom. The maximum absolute atomic E-state index is 6.05. The van der Waals surface area contributed by atoms with Crippen LogP contribution in [0, 0.1) is 6.92 Å². The van der Waals surface area contributed by atoms with E-state index in [4.69, 9.17) is 23.2 Å². The molecule has 0 saturated carbocycles. The van der Waals surface area contributed by atoms with Crippen LogP contribution in [0.5, 0.6) is 0 Å². The highest BCUT2D eigenvalue weighted by atomic mass is 127. The zero-order valence-corrected chi connectivity index (χ0v) is 17.8. The molecule has 0 aromatic carbocycles. The van der Waals surface area contributed by atoms with Crippen molar-refractivity contribution in [3.05, 3.63) is 38.0 Å². The van der Waals surface area contributed by atoms with Crippen molar-refractivity contribution in [2.75, 3.05) is 13.6 Å². The summed E-state index contributed by atoms with van der Waals surface area (Å²) in [5.74, 6) is 0.738. The van der Waals surface area contributed by atoms with Crippen LogP contribution in [0.1, 0.15) is 15.6 Å². The van der Waals surface area contributed by atoms with Gasteiger partial charge >= 0.3 is 0 Å². The molecule has 0 aliphatic heterocycles. The minimum Gasteiger partial charge on any atom is -0.356 e. The van der Waals surface area contributed by atoms with Crippen LogP contribution in [0.3, 0.4) is 0 Å². The third-order valence-electron chi connectivity index (χ3n) is 3.18. The molecule has 0 unspecified atom stereocenters. The number of aromatic nitrogens is 2. The Balaban J connectivity index is 0.00000264. The maximum atomic E-state index is 6.05. The zero-order chi connectivity index (χ0) is 16.1. The minimum absolute atomic E-state index is 0. The molecular weight excluding hydrogens is 468 g/mol. The van der Waals surface area contributed by atoms with Crippen molar-refractivity contribution in [2.45, 2.75) is 19.9 Å². The Morgan fingerprint density at radius 2 is 2.13 bits per heavy atom. The molecule has 0 aliphatic rings. The first-order valence-electron chi connectivity index (χ1n) is 6.86. The molecule has 2 N–H and O–H groups in total. The second-order valence-electron chi connectivity index (χ2n) is 4.80. The lowest BCUT2D eigenvalue weighted by atomic mass is 10.4. The average molecular weight is 488 g/mol. The van der Waals surface area contributed by atoms with Crippen LogP contribution in [-0.4, -0.2) is 29.1 Å². The number of nitrogens with one attached hydrogen (secondary N) is 2. The van der Waals surface area contributed by atoms with Gasteiger partial charge in [0, 0.05) is 43.8 Å². The van der Waals surface area contributed by atoms with E-state index in [-0.39, 0.29) is 24.0 Å². The summed E-state index contributed by atoms with van der Waals surface area (Å²) in [6.45, 7) is 3.44. The van der Waals surface area contributed by atoms with E-state index in [0.717, 1.165) is 29.6 Å². The first-order chi connectivity index (χ1) is 10.5. The summed E-state index contributed by atoms with van der Waals surface area (Å²) in [6.07, 6.45) is 2.77. The molecule has 0 bridgehead atoms. The van der Waals surface area contributed by atoms with Gasteiger partial charge in [-0.25, -0.2) is 4.98 Å². The lowest BCUT2D eigenvalue weighted by Crippen LogP contribution is -2.38. The second kappa shape index (κ2) is 9.71. The second-order valence-corrected chi connectivity index (χ2v) is 6.89. The lowest BCUT2D eigenvalue weighted by molar-refractivity contribution is 0.746. The molecule has 128 valence electrons.